The lowest BCUT2D eigenvalue weighted by molar-refractivity contribution is 0.415. The number of para-hydroxylation sites is 2. The smallest absolute Gasteiger partial charge is 0.163 e. The zero-order valence-corrected chi connectivity index (χ0v) is 71.0. The number of rotatable bonds is 3. The van der Waals surface area contributed by atoms with Crippen molar-refractivity contribution in [1.29, 1.82) is 0 Å². The molecule has 0 saturated carbocycles. The maximum atomic E-state index is 6.04. The van der Waals surface area contributed by atoms with Crippen LogP contribution in [0.3, 0.4) is 0 Å². The summed E-state index contributed by atoms with van der Waals surface area (Å²) < 4.78 is 6.04. The summed E-state index contributed by atoms with van der Waals surface area (Å²) >= 11 is 0. The van der Waals surface area contributed by atoms with E-state index in [9.17, 15) is 0 Å². The molecule has 2 aliphatic rings. The van der Waals surface area contributed by atoms with Crippen molar-refractivity contribution >= 4 is 97.1 Å². The van der Waals surface area contributed by atoms with Gasteiger partial charge >= 0.3 is 0 Å². The van der Waals surface area contributed by atoms with E-state index >= 15 is 0 Å². The fourth-order valence-corrected chi connectivity index (χ4v) is 18.4. The van der Waals surface area contributed by atoms with Crippen LogP contribution in [-0.2, 0) is 5.41 Å². The quantitative estimate of drug-likeness (QED) is 0.165. The summed E-state index contributed by atoms with van der Waals surface area (Å²) in [7, 11) is 0. The Morgan fingerprint density at radius 1 is 0.226 bits per heavy atom. The van der Waals surface area contributed by atoms with Gasteiger partial charge in [0.05, 0.1) is 5.52 Å². The van der Waals surface area contributed by atoms with Crippen molar-refractivity contribution in [2.24, 2.45) is 0 Å². The summed E-state index contributed by atoms with van der Waals surface area (Å²) in [5, 5.41) is 22.4. The minimum Gasteiger partial charge on any atom is -0.456 e. The van der Waals surface area contributed by atoms with Crippen LogP contribution in [0, 0.1) is 41.5 Å². The fourth-order valence-electron chi connectivity index (χ4n) is 18.4. The second-order valence-electron chi connectivity index (χ2n) is 32.9. The monoisotopic (exact) mass is 1590 g/mol. The van der Waals surface area contributed by atoms with Gasteiger partial charge in [-0.25, -0.2) is 15.0 Å². The van der Waals surface area contributed by atoms with Gasteiger partial charge in [0.2, 0.25) is 0 Å². The highest BCUT2D eigenvalue weighted by atomic mass is 16.5. The van der Waals surface area contributed by atoms with Gasteiger partial charge < -0.3 is 4.74 Å². The number of pyridine rings is 1. The van der Waals surface area contributed by atoms with Crippen molar-refractivity contribution in [2.45, 2.75) is 60.8 Å². The molecule has 3 heterocycles. The molecule has 22 aromatic rings. The van der Waals surface area contributed by atoms with Gasteiger partial charge in [0.25, 0.3) is 0 Å². The maximum absolute atomic E-state index is 6.04. The number of ether oxygens (including phenoxy) is 1. The maximum Gasteiger partial charge on any atom is 0.163 e. The largest absolute Gasteiger partial charge is 0.456 e. The van der Waals surface area contributed by atoms with Crippen LogP contribution < -0.4 is 4.74 Å². The highest BCUT2D eigenvalue weighted by Crippen LogP contribution is 2.51. The third kappa shape index (κ3) is 15.2. The standard InChI is InChI=1S/2C25H18.C19H14.C18H13N.C16H13N3.C16H16O/c1-17-7-6-8-18(15-17)19-13-14-24-22-11-3-2-9-20(22)21-10-4-5-12-23(21)25(24)16-19;1-17-14-15-24-22-12-5-4-10-20(22)18-8-2-3-9-19(18)21-11-6-7-13-23(21)25(24)16-17;1-13-10-11-18-16-8-3-2-6-14(16)15-7-4-5-9-17(15)19(18)12-13;1-12-6-4-9-15-13-7-2-3-8-14(13)16-10-5-11-19-18(16)17(12)15;1-12-17-15(13-8-4-2-5-9-13)19-16(18-12)14-10-6-3-7-11-14;1-11-7-6-9-13-15(11)17-14-10-5-4-8-12(14)16(13,2)3/h2*2-16H,1H3;2-12H,1H3;2*2-11H,1H3;4-10H,1-3H3. The van der Waals surface area contributed by atoms with E-state index < -0.39 is 0 Å². The van der Waals surface area contributed by atoms with Gasteiger partial charge in [-0.3, -0.25) is 4.98 Å². The fraction of sp³-hybridized carbons (Fsp3) is 0.0756. The number of fused-ring (bicyclic) bond motifs is 28. The van der Waals surface area contributed by atoms with Crippen LogP contribution in [0.2, 0.25) is 0 Å². The van der Waals surface area contributed by atoms with E-state index in [1.165, 1.54) is 186 Å². The first kappa shape index (κ1) is 78.5. The number of hydrogen-bond acceptors (Lipinski definition) is 5. The molecule has 0 atom stereocenters. The molecule has 0 amide bonds. The third-order valence-electron chi connectivity index (χ3n) is 24.4. The average Bonchev–Trinajstić information content (AvgIpc) is 0.771. The Kier molecular flexibility index (Phi) is 21.6. The molecule has 594 valence electrons. The Balaban J connectivity index is 0.0000000982. The van der Waals surface area contributed by atoms with Gasteiger partial charge in [-0.2, -0.15) is 0 Å². The zero-order valence-electron chi connectivity index (χ0n) is 71.0. The van der Waals surface area contributed by atoms with Crippen LogP contribution in [0.5, 0.6) is 11.5 Å². The normalized spacial score (nSPS) is 11.8. The average molecular weight is 1590 g/mol. The zero-order chi connectivity index (χ0) is 84.4. The van der Waals surface area contributed by atoms with Crippen molar-refractivity contribution in [2.75, 3.05) is 0 Å². The van der Waals surface area contributed by atoms with Gasteiger partial charge in [-0.1, -0.05) is 419 Å². The van der Waals surface area contributed by atoms with Gasteiger partial charge in [0.15, 0.2) is 11.6 Å². The van der Waals surface area contributed by atoms with Crippen molar-refractivity contribution in [3.8, 4) is 89.9 Å². The molecule has 1 aliphatic heterocycles. The highest BCUT2D eigenvalue weighted by molar-refractivity contribution is 6.28. The second kappa shape index (κ2) is 34.1. The van der Waals surface area contributed by atoms with Crippen LogP contribution in [0.15, 0.2) is 413 Å². The molecule has 20 aromatic carbocycles. The third-order valence-corrected chi connectivity index (χ3v) is 24.4. The Labute approximate surface area is 725 Å². The Hall–Kier alpha value is -15.3. The number of nitrogens with zero attached hydrogens (tertiary/aromatic N) is 4. The molecule has 0 N–H and O–H groups in total. The Bertz CT molecular complexity index is 7580. The second-order valence-corrected chi connectivity index (χ2v) is 32.9. The summed E-state index contributed by atoms with van der Waals surface area (Å²) in [5.74, 6) is 4.17. The van der Waals surface area contributed by atoms with Crippen molar-refractivity contribution in [1.82, 2.24) is 19.9 Å². The van der Waals surface area contributed by atoms with E-state index in [1.807, 2.05) is 92.0 Å². The molecule has 0 saturated heterocycles. The number of aryl methyl sites for hydroxylation is 6. The highest BCUT2D eigenvalue weighted by Gasteiger charge is 2.34. The summed E-state index contributed by atoms with van der Waals surface area (Å²) in [6, 6.07) is 144. The SMILES string of the molecule is Cc1ccc2c(c1)-c1ccccc1-c1ccccc1-c1ccccc1-2.Cc1ccc2c3ccccc3c3ccccc3c2c1.Cc1cccc(-c2ccc3c4ccccc4c4ccccc4c3c2)c1.Cc1cccc2c1Oc1ccccc1C2(C)C.Cc1cccc2c3ccccc3c3cccnc3c12.Cc1nc(-c2ccccc2)nc(-c2ccccc2)n1. The summed E-state index contributed by atoms with van der Waals surface area (Å²) in [4.78, 5) is 18.0. The van der Waals surface area contributed by atoms with Crippen LogP contribution in [0.25, 0.3) is 175 Å². The van der Waals surface area contributed by atoms with E-state index in [4.69, 9.17) is 4.74 Å². The molecule has 0 bridgehead atoms. The molecule has 1 aliphatic carbocycles. The number of aromatic nitrogens is 4. The van der Waals surface area contributed by atoms with Crippen LogP contribution >= 0.6 is 0 Å². The van der Waals surface area contributed by atoms with Crippen LogP contribution in [0.4, 0.5) is 0 Å². The molecule has 124 heavy (non-hydrogen) atoms. The molecule has 0 radical (unpaired) electrons. The first-order chi connectivity index (χ1) is 60.8. The van der Waals surface area contributed by atoms with Gasteiger partial charge in [-0.05, 0) is 207 Å². The topological polar surface area (TPSA) is 60.8 Å². The van der Waals surface area contributed by atoms with Crippen molar-refractivity contribution in [3.05, 3.63) is 457 Å². The molecule has 0 spiro atoms. The first-order valence-electron chi connectivity index (χ1n) is 42.7. The molecule has 2 aromatic heterocycles. The van der Waals surface area contributed by atoms with Gasteiger partial charge in [-0.15, -0.1) is 0 Å². The molecule has 5 heteroatoms. The molecule has 0 unspecified atom stereocenters. The lowest BCUT2D eigenvalue weighted by Crippen LogP contribution is -2.24. The predicted octanol–water partition coefficient (Wildman–Crippen LogP) is 32.3. The minimum atomic E-state index is 0.0101. The molecule has 0 fully saturated rings. The minimum absolute atomic E-state index is 0.0101. The van der Waals surface area contributed by atoms with Gasteiger partial charge in [0.1, 0.15) is 17.3 Å². The van der Waals surface area contributed by atoms with E-state index in [0.717, 1.165) is 34.0 Å². The van der Waals surface area contributed by atoms with E-state index in [2.05, 4.69) is 396 Å². The lowest BCUT2D eigenvalue weighted by Gasteiger charge is -2.35. The number of benzene rings is 20. The lowest BCUT2D eigenvalue weighted by atomic mass is 9.75. The molecule has 5 nitrogen and oxygen atoms in total. The number of hydrogen-bond donors (Lipinski definition) is 0. The summed E-state index contributed by atoms with van der Waals surface area (Å²) in [6.07, 6.45) is 1.88. The van der Waals surface area contributed by atoms with Crippen LogP contribution in [-0.4, -0.2) is 19.9 Å². The molecular formula is C119H92N4O. The first-order valence-corrected chi connectivity index (χ1v) is 42.7. The van der Waals surface area contributed by atoms with Crippen LogP contribution in [0.1, 0.15) is 58.6 Å². The molecule has 24 rings (SSSR count). The Morgan fingerprint density at radius 2 is 0.581 bits per heavy atom. The van der Waals surface area contributed by atoms with E-state index in [-0.39, 0.29) is 5.41 Å². The van der Waals surface area contributed by atoms with Crippen molar-refractivity contribution in [3.63, 3.8) is 0 Å². The van der Waals surface area contributed by atoms with Gasteiger partial charge in [0, 0.05) is 44.6 Å². The molecular weight excluding hydrogens is 1500 g/mol. The predicted molar refractivity (Wildman–Crippen MR) is 526 cm³/mol. The van der Waals surface area contributed by atoms with E-state index in [1.54, 1.807) is 0 Å². The van der Waals surface area contributed by atoms with E-state index in [0.29, 0.717) is 11.6 Å². The summed E-state index contributed by atoms with van der Waals surface area (Å²) in [5.41, 5.74) is 25.0. The summed E-state index contributed by atoms with van der Waals surface area (Å²) in [6.45, 7) is 17.1. The Morgan fingerprint density at radius 3 is 1.11 bits per heavy atom. The van der Waals surface area contributed by atoms with Crippen molar-refractivity contribution < 1.29 is 4.74 Å².